The van der Waals surface area contributed by atoms with E-state index in [1.807, 2.05) is 6.07 Å². The first-order valence-electron chi connectivity index (χ1n) is 6.57. The molecule has 0 radical (unpaired) electrons. The van der Waals surface area contributed by atoms with E-state index < -0.39 is 11.7 Å². The topological polar surface area (TPSA) is 9.23 Å². The Bertz CT molecular complexity index is 646. The van der Waals surface area contributed by atoms with Crippen LogP contribution in [0.15, 0.2) is 64.4 Å². The minimum atomic E-state index is -4.42. The Morgan fingerprint density at radius 2 is 1.55 bits per heavy atom. The molecule has 0 bridgehead atoms. The van der Waals surface area contributed by atoms with E-state index in [0.29, 0.717) is 5.75 Å². The van der Waals surface area contributed by atoms with Crippen LogP contribution >= 0.6 is 11.8 Å². The van der Waals surface area contributed by atoms with E-state index in [9.17, 15) is 13.2 Å². The van der Waals surface area contributed by atoms with Crippen molar-refractivity contribution in [2.24, 2.45) is 0 Å². The van der Waals surface area contributed by atoms with Crippen LogP contribution in [-0.4, -0.2) is 13.3 Å². The molecule has 0 saturated carbocycles. The highest BCUT2D eigenvalue weighted by Gasteiger charge is 2.36. The van der Waals surface area contributed by atoms with E-state index in [1.54, 1.807) is 24.3 Å². The first kappa shape index (κ1) is 16.5. The average molecular weight is 324 g/mol. The maximum Gasteiger partial charge on any atom is 0.417 e. The number of alkyl halides is 3. The molecule has 0 aromatic heterocycles. The van der Waals surface area contributed by atoms with Gasteiger partial charge in [0.25, 0.3) is 0 Å². The molecule has 0 aliphatic carbocycles. The number of halogens is 3. The third-order valence-electron chi connectivity index (χ3n) is 3.03. The largest absolute Gasteiger partial charge is 0.497 e. The second-order valence-electron chi connectivity index (χ2n) is 4.57. The van der Waals surface area contributed by atoms with Crippen molar-refractivity contribution in [3.05, 3.63) is 65.1 Å². The van der Waals surface area contributed by atoms with Gasteiger partial charge < -0.3 is 4.74 Å². The van der Waals surface area contributed by atoms with Crippen molar-refractivity contribution in [2.45, 2.75) is 18.0 Å². The monoisotopic (exact) mass is 324 g/mol. The zero-order valence-corrected chi connectivity index (χ0v) is 13.0. The zero-order chi connectivity index (χ0) is 16.2. The van der Waals surface area contributed by atoms with Crippen LogP contribution in [0.5, 0.6) is 5.75 Å². The van der Waals surface area contributed by atoms with Crippen LogP contribution in [0.25, 0.3) is 5.57 Å². The Morgan fingerprint density at radius 1 is 0.955 bits per heavy atom. The van der Waals surface area contributed by atoms with Gasteiger partial charge in [0.15, 0.2) is 0 Å². The molecule has 0 aliphatic heterocycles. The van der Waals surface area contributed by atoms with Crippen LogP contribution in [0.1, 0.15) is 12.5 Å². The molecule has 0 unspecified atom stereocenters. The number of allylic oxidation sites excluding steroid dienone is 2. The summed E-state index contributed by atoms with van der Waals surface area (Å²) in [5, 5.41) is 0. The number of hydrogen-bond donors (Lipinski definition) is 0. The maximum absolute atomic E-state index is 13.4. The molecule has 116 valence electrons. The quantitative estimate of drug-likeness (QED) is 0.659. The maximum atomic E-state index is 13.4. The smallest absolute Gasteiger partial charge is 0.417 e. The number of thioether (sulfide) groups is 1. The summed E-state index contributed by atoms with van der Waals surface area (Å²) in [6.45, 7) is 1.49. The van der Waals surface area contributed by atoms with Gasteiger partial charge in [-0.3, -0.25) is 0 Å². The van der Waals surface area contributed by atoms with Crippen LogP contribution in [0, 0.1) is 0 Å². The molecule has 1 nitrogen and oxygen atoms in total. The summed E-state index contributed by atoms with van der Waals surface area (Å²) in [7, 11) is 1.48. The van der Waals surface area contributed by atoms with E-state index >= 15 is 0 Å². The van der Waals surface area contributed by atoms with Gasteiger partial charge in [-0.25, -0.2) is 0 Å². The van der Waals surface area contributed by atoms with Crippen molar-refractivity contribution < 1.29 is 17.9 Å². The summed E-state index contributed by atoms with van der Waals surface area (Å²) >= 11 is 1.11. The normalized spacial score (nSPS) is 12.8. The minimum Gasteiger partial charge on any atom is -0.497 e. The van der Waals surface area contributed by atoms with Gasteiger partial charge in [-0.05, 0) is 41.7 Å². The Morgan fingerprint density at radius 3 is 2.05 bits per heavy atom. The van der Waals surface area contributed by atoms with Gasteiger partial charge in [0.05, 0.1) is 12.7 Å². The number of benzene rings is 2. The second kappa shape index (κ2) is 6.92. The molecule has 0 fully saturated rings. The Balaban J connectivity index is 2.42. The average Bonchev–Trinajstić information content (AvgIpc) is 2.47. The van der Waals surface area contributed by atoms with Crippen molar-refractivity contribution in [3.8, 4) is 5.75 Å². The number of methoxy groups -OCH3 is 1. The fourth-order valence-electron chi connectivity index (χ4n) is 2.04. The molecule has 0 amide bonds. The molecule has 0 N–H and O–H groups in total. The van der Waals surface area contributed by atoms with E-state index in [0.717, 1.165) is 16.7 Å². The summed E-state index contributed by atoms with van der Waals surface area (Å²) in [5.41, 5.74) is -0.488. The molecular weight excluding hydrogens is 309 g/mol. The molecule has 2 aromatic carbocycles. The molecule has 0 saturated heterocycles. The third-order valence-corrected chi connectivity index (χ3v) is 4.05. The fourth-order valence-corrected chi connectivity index (χ4v) is 3.02. The lowest BCUT2D eigenvalue weighted by atomic mass is 10.1. The summed E-state index contributed by atoms with van der Waals surface area (Å²) in [6, 6.07) is 14.9. The van der Waals surface area contributed by atoms with E-state index in [4.69, 9.17) is 4.74 Å². The lowest BCUT2D eigenvalue weighted by molar-refractivity contribution is -0.0691. The van der Waals surface area contributed by atoms with Crippen LogP contribution < -0.4 is 4.74 Å². The van der Waals surface area contributed by atoms with Gasteiger partial charge in [0, 0.05) is 4.90 Å². The molecule has 2 aromatic rings. The van der Waals surface area contributed by atoms with Gasteiger partial charge in [-0.2, -0.15) is 13.2 Å². The van der Waals surface area contributed by atoms with Crippen LogP contribution in [-0.2, 0) is 0 Å². The fraction of sp³-hybridized carbons (Fsp3) is 0.176. The predicted octanol–water partition coefficient (Wildman–Crippen LogP) is 5.78. The first-order chi connectivity index (χ1) is 10.4. The highest BCUT2D eigenvalue weighted by atomic mass is 32.2. The number of ether oxygens (including phenoxy) is 1. The molecule has 0 heterocycles. The van der Waals surface area contributed by atoms with E-state index in [1.165, 1.54) is 38.3 Å². The molecule has 0 spiro atoms. The minimum absolute atomic E-state index is 0.134. The van der Waals surface area contributed by atoms with Crippen molar-refractivity contribution in [1.29, 1.82) is 0 Å². The zero-order valence-electron chi connectivity index (χ0n) is 12.1. The Kier molecular flexibility index (Phi) is 5.19. The SMILES string of the molecule is COc1ccc(/C(=C(\C)Sc2ccccc2)C(F)(F)F)cc1. The first-order valence-corrected chi connectivity index (χ1v) is 7.39. The van der Waals surface area contributed by atoms with Gasteiger partial charge in [-0.1, -0.05) is 42.1 Å². The molecule has 0 aliphatic rings. The Hall–Kier alpha value is -1.88. The molecule has 5 heteroatoms. The van der Waals surface area contributed by atoms with E-state index in [2.05, 4.69) is 0 Å². The van der Waals surface area contributed by atoms with Gasteiger partial charge >= 0.3 is 6.18 Å². The lowest BCUT2D eigenvalue weighted by Crippen LogP contribution is -2.12. The lowest BCUT2D eigenvalue weighted by Gasteiger charge is -2.16. The van der Waals surface area contributed by atoms with E-state index in [-0.39, 0.29) is 10.5 Å². The van der Waals surface area contributed by atoms with Gasteiger partial charge in [0.2, 0.25) is 0 Å². The molecule has 22 heavy (non-hydrogen) atoms. The van der Waals surface area contributed by atoms with Crippen LogP contribution in [0.3, 0.4) is 0 Å². The van der Waals surface area contributed by atoms with Crippen molar-refractivity contribution >= 4 is 17.3 Å². The molecular formula is C17H15F3OS. The van der Waals surface area contributed by atoms with Crippen molar-refractivity contribution in [3.63, 3.8) is 0 Å². The summed E-state index contributed by atoms with van der Waals surface area (Å²) in [5.74, 6) is 0.527. The molecule has 0 atom stereocenters. The Labute approximate surface area is 131 Å². The van der Waals surface area contributed by atoms with Crippen molar-refractivity contribution in [1.82, 2.24) is 0 Å². The third kappa shape index (κ3) is 4.07. The predicted molar refractivity (Wildman–Crippen MR) is 83.9 cm³/mol. The summed E-state index contributed by atoms with van der Waals surface area (Å²) in [6.07, 6.45) is -4.42. The van der Waals surface area contributed by atoms with Gasteiger partial charge in [-0.15, -0.1) is 0 Å². The highest BCUT2D eigenvalue weighted by molar-refractivity contribution is 8.03. The number of hydrogen-bond acceptors (Lipinski definition) is 2. The number of rotatable bonds is 4. The highest BCUT2D eigenvalue weighted by Crippen LogP contribution is 2.42. The van der Waals surface area contributed by atoms with Gasteiger partial charge in [0.1, 0.15) is 5.75 Å². The van der Waals surface area contributed by atoms with Crippen molar-refractivity contribution in [2.75, 3.05) is 7.11 Å². The molecule has 2 rings (SSSR count). The standard InChI is InChI=1S/C17H15F3OS/c1-12(22-15-6-4-3-5-7-15)16(17(18,19)20)13-8-10-14(21-2)11-9-13/h3-11H,1-2H3/b16-12-. The van der Waals surface area contributed by atoms with Crippen LogP contribution in [0.2, 0.25) is 0 Å². The van der Waals surface area contributed by atoms with Crippen LogP contribution in [0.4, 0.5) is 13.2 Å². The summed E-state index contributed by atoms with van der Waals surface area (Å²) in [4.78, 5) is 0.985. The summed E-state index contributed by atoms with van der Waals surface area (Å²) < 4.78 is 45.3. The second-order valence-corrected chi connectivity index (χ2v) is 5.86.